The third-order valence-corrected chi connectivity index (χ3v) is 5.94. The molecule has 0 saturated carbocycles. The second kappa shape index (κ2) is 15.8. The number of aryl methyl sites for hydroxylation is 1. The predicted molar refractivity (Wildman–Crippen MR) is 155 cm³/mol. The highest BCUT2D eigenvalue weighted by atomic mass is 16.5. The maximum absolute atomic E-state index is 11.7. The first kappa shape index (κ1) is 29.2. The Hall–Kier alpha value is -4.40. The standard InChI is InChI=1S/C12H18N2O2.C10H9NO2.C9H9N/c1-13-11(9-16-2)12(15)14-8-10-6-4-3-5-7-10;12-7-11-6-9-5-8-3-1-2-4-10(8)13-9;1-7-6-10-9-5-3-2-4-8(7)9/h3-7,11,13H,8-9H2,1-2H3,(H,14,15);1-5,7H,6H2,(H,11,12);2-6,10H,1H3/t11-;;/m0../s1. The smallest absolute Gasteiger partial charge is 0.239 e. The monoisotopic (exact) mass is 528 g/mol. The Morgan fingerprint density at radius 1 is 1.00 bits per heavy atom. The summed E-state index contributed by atoms with van der Waals surface area (Å²) in [5.41, 5.74) is 4.48. The van der Waals surface area contributed by atoms with Gasteiger partial charge in [-0.25, -0.2) is 0 Å². The summed E-state index contributed by atoms with van der Waals surface area (Å²) in [5, 5.41) is 10.7. The largest absolute Gasteiger partial charge is 0.459 e. The summed E-state index contributed by atoms with van der Waals surface area (Å²) in [4.78, 5) is 24.9. The average Bonchev–Trinajstić information content (AvgIpc) is 3.58. The number of amides is 2. The molecule has 0 aliphatic carbocycles. The maximum Gasteiger partial charge on any atom is 0.239 e. The van der Waals surface area contributed by atoms with E-state index in [1.807, 2.05) is 72.9 Å². The molecule has 1 atom stereocenters. The zero-order chi connectivity index (χ0) is 27.9. The first-order chi connectivity index (χ1) is 19.0. The van der Waals surface area contributed by atoms with Crippen molar-refractivity contribution >= 4 is 34.2 Å². The highest BCUT2D eigenvalue weighted by Crippen LogP contribution is 2.18. The lowest BCUT2D eigenvalue weighted by molar-refractivity contribution is -0.124. The normalized spacial score (nSPS) is 11.1. The molecular formula is C31H36N4O4. The summed E-state index contributed by atoms with van der Waals surface area (Å²) in [7, 11) is 3.32. The van der Waals surface area contributed by atoms with Crippen LogP contribution in [-0.2, 0) is 27.4 Å². The molecule has 2 heterocycles. The molecule has 39 heavy (non-hydrogen) atoms. The SMILES string of the molecule is CN[C@@H](COC)C(=O)NCc1ccccc1.Cc1c[nH]c2ccccc12.O=CNCc1cc2ccccc2o1. The van der Waals surface area contributed by atoms with Gasteiger partial charge in [-0.05, 0) is 43.3 Å². The molecule has 0 unspecified atom stereocenters. The van der Waals surface area contributed by atoms with Gasteiger partial charge in [-0.3, -0.25) is 9.59 Å². The van der Waals surface area contributed by atoms with Crippen LogP contribution in [0, 0.1) is 6.92 Å². The van der Waals surface area contributed by atoms with Crippen molar-refractivity contribution in [1.82, 2.24) is 20.9 Å². The van der Waals surface area contributed by atoms with Crippen molar-refractivity contribution in [3.63, 3.8) is 0 Å². The van der Waals surface area contributed by atoms with E-state index in [0.717, 1.165) is 22.3 Å². The van der Waals surface area contributed by atoms with E-state index in [9.17, 15) is 9.59 Å². The number of H-pyrrole nitrogens is 1. The minimum Gasteiger partial charge on any atom is -0.459 e. The average molecular weight is 529 g/mol. The number of fused-ring (bicyclic) bond motifs is 2. The lowest BCUT2D eigenvalue weighted by Crippen LogP contribution is -2.45. The Kier molecular flexibility index (Phi) is 11.8. The number of hydrogen-bond donors (Lipinski definition) is 4. The van der Waals surface area contributed by atoms with Crippen LogP contribution in [0.3, 0.4) is 0 Å². The summed E-state index contributed by atoms with van der Waals surface area (Å²) >= 11 is 0. The predicted octanol–water partition coefficient (Wildman–Crippen LogP) is 4.69. The molecule has 3 aromatic carbocycles. The number of carbonyl (C=O) groups is 2. The summed E-state index contributed by atoms with van der Waals surface area (Å²) < 4.78 is 10.4. The van der Waals surface area contributed by atoms with Gasteiger partial charge < -0.3 is 30.1 Å². The first-order valence-corrected chi connectivity index (χ1v) is 12.7. The second-order valence-corrected chi connectivity index (χ2v) is 8.77. The number of nitrogens with one attached hydrogen (secondary N) is 4. The third kappa shape index (κ3) is 9.14. The van der Waals surface area contributed by atoms with Gasteiger partial charge in [-0.15, -0.1) is 0 Å². The zero-order valence-corrected chi connectivity index (χ0v) is 22.6. The highest BCUT2D eigenvalue weighted by molar-refractivity contribution is 5.83. The van der Waals surface area contributed by atoms with Crippen molar-refractivity contribution in [1.29, 1.82) is 0 Å². The van der Waals surface area contributed by atoms with Gasteiger partial charge in [0.05, 0.1) is 13.2 Å². The molecular weight excluding hydrogens is 492 g/mol. The molecule has 0 saturated heterocycles. The minimum atomic E-state index is -0.297. The van der Waals surface area contributed by atoms with E-state index in [-0.39, 0.29) is 11.9 Å². The summed E-state index contributed by atoms with van der Waals surface area (Å²) in [6.45, 7) is 3.47. The van der Waals surface area contributed by atoms with Gasteiger partial charge in [0.1, 0.15) is 17.4 Å². The molecule has 204 valence electrons. The molecule has 0 aliphatic heterocycles. The Labute approximate surface area is 228 Å². The van der Waals surface area contributed by atoms with Crippen LogP contribution in [0.25, 0.3) is 21.9 Å². The van der Waals surface area contributed by atoms with Crippen molar-refractivity contribution < 1.29 is 18.7 Å². The summed E-state index contributed by atoms with van der Waals surface area (Å²) in [6.07, 6.45) is 2.69. The second-order valence-electron chi connectivity index (χ2n) is 8.77. The summed E-state index contributed by atoms with van der Waals surface area (Å²) in [6, 6.07) is 27.5. The van der Waals surface area contributed by atoms with E-state index < -0.39 is 0 Å². The highest BCUT2D eigenvalue weighted by Gasteiger charge is 2.15. The number of ether oxygens (including phenoxy) is 1. The van der Waals surface area contributed by atoms with Crippen molar-refractivity contribution in [2.75, 3.05) is 20.8 Å². The van der Waals surface area contributed by atoms with E-state index in [4.69, 9.17) is 9.15 Å². The molecule has 4 N–H and O–H groups in total. The van der Waals surface area contributed by atoms with Gasteiger partial charge in [0.25, 0.3) is 0 Å². The molecule has 0 radical (unpaired) electrons. The number of likely N-dealkylation sites (N-methyl/N-ethyl adjacent to an activating group) is 1. The fourth-order valence-corrected chi connectivity index (χ4v) is 3.85. The van der Waals surface area contributed by atoms with Crippen LogP contribution in [0.4, 0.5) is 0 Å². The number of aromatic nitrogens is 1. The number of carbonyl (C=O) groups excluding carboxylic acids is 2. The third-order valence-electron chi connectivity index (χ3n) is 5.94. The van der Waals surface area contributed by atoms with Crippen molar-refractivity contribution in [3.8, 4) is 0 Å². The number of para-hydroxylation sites is 2. The molecule has 5 aromatic rings. The van der Waals surface area contributed by atoms with Crippen LogP contribution in [0.15, 0.2) is 95.5 Å². The Morgan fingerprint density at radius 3 is 2.41 bits per heavy atom. The molecule has 5 rings (SSSR count). The lowest BCUT2D eigenvalue weighted by Gasteiger charge is -2.14. The van der Waals surface area contributed by atoms with E-state index in [1.54, 1.807) is 14.2 Å². The van der Waals surface area contributed by atoms with E-state index in [0.29, 0.717) is 26.1 Å². The molecule has 0 fully saturated rings. The number of rotatable bonds is 9. The van der Waals surface area contributed by atoms with Gasteiger partial charge in [-0.2, -0.15) is 0 Å². The molecule has 0 spiro atoms. The molecule has 0 bridgehead atoms. The van der Waals surface area contributed by atoms with E-state index in [1.165, 1.54) is 16.5 Å². The van der Waals surface area contributed by atoms with Crippen LogP contribution in [0.1, 0.15) is 16.9 Å². The van der Waals surface area contributed by atoms with Gasteiger partial charge >= 0.3 is 0 Å². The van der Waals surface area contributed by atoms with Crippen molar-refractivity contribution in [2.24, 2.45) is 0 Å². The molecule has 0 aliphatic rings. The Morgan fingerprint density at radius 2 is 1.72 bits per heavy atom. The van der Waals surface area contributed by atoms with Crippen LogP contribution in [-0.4, -0.2) is 44.1 Å². The van der Waals surface area contributed by atoms with Crippen LogP contribution in [0.5, 0.6) is 0 Å². The molecule has 2 aromatic heterocycles. The van der Waals surface area contributed by atoms with Crippen molar-refractivity contribution in [3.05, 3.63) is 108 Å². The minimum absolute atomic E-state index is 0.0480. The topological polar surface area (TPSA) is 108 Å². The van der Waals surface area contributed by atoms with Crippen LogP contribution >= 0.6 is 0 Å². The van der Waals surface area contributed by atoms with Crippen LogP contribution in [0.2, 0.25) is 0 Å². The number of methoxy groups -OCH3 is 1. The molecule has 8 nitrogen and oxygen atoms in total. The first-order valence-electron chi connectivity index (χ1n) is 12.7. The maximum atomic E-state index is 11.7. The number of hydrogen-bond acceptors (Lipinski definition) is 5. The van der Waals surface area contributed by atoms with E-state index in [2.05, 4.69) is 46.1 Å². The Bertz CT molecular complexity index is 1400. The van der Waals surface area contributed by atoms with Gasteiger partial charge in [0.2, 0.25) is 12.3 Å². The number of benzene rings is 3. The number of aromatic amines is 1. The number of furan rings is 1. The van der Waals surface area contributed by atoms with Gasteiger partial charge in [0.15, 0.2) is 0 Å². The van der Waals surface area contributed by atoms with Gasteiger partial charge in [0, 0.05) is 36.1 Å². The van der Waals surface area contributed by atoms with E-state index >= 15 is 0 Å². The molecule has 2 amide bonds. The fraction of sp³-hybridized carbons (Fsp3) is 0.226. The van der Waals surface area contributed by atoms with Gasteiger partial charge in [-0.1, -0.05) is 66.7 Å². The van der Waals surface area contributed by atoms with Crippen LogP contribution < -0.4 is 16.0 Å². The fourth-order valence-electron chi connectivity index (χ4n) is 3.85. The lowest BCUT2D eigenvalue weighted by atomic mass is 10.2. The summed E-state index contributed by atoms with van der Waals surface area (Å²) in [5.74, 6) is 0.724. The molecule has 8 heteroatoms. The van der Waals surface area contributed by atoms with Crippen molar-refractivity contribution in [2.45, 2.75) is 26.1 Å². The quantitative estimate of drug-likeness (QED) is 0.208. The Balaban J connectivity index is 0.000000165. The zero-order valence-electron chi connectivity index (χ0n) is 22.6.